The number of aryl methyl sites for hydroxylation is 3. The highest BCUT2D eigenvalue weighted by Crippen LogP contribution is 2.17. The first-order valence-corrected chi connectivity index (χ1v) is 6.17. The van der Waals surface area contributed by atoms with Crippen LogP contribution in [0.3, 0.4) is 0 Å². The third kappa shape index (κ3) is 2.71. The quantitative estimate of drug-likeness (QED) is 0.870. The van der Waals surface area contributed by atoms with E-state index in [-0.39, 0.29) is 12.2 Å². The van der Waals surface area contributed by atoms with Crippen LogP contribution in [0.15, 0.2) is 17.1 Å². The van der Waals surface area contributed by atoms with Crippen LogP contribution in [0.2, 0.25) is 0 Å². The maximum absolute atomic E-state index is 12.0. The standard InChI is InChI=1S/C14H17N3O2/c1-8-6-9(2)12(15-7-8)13-16-10(3)11(4-5-18)14(19)17-13/h6-7,18H,4-5H2,1-3H3,(H,16,17,19). The summed E-state index contributed by atoms with van der Waals surface area (Å²) in [7, 11) is 0. The molecular weight excluding hydrogens is 242 g/mol. The fourth-order valence-electron chi connectivity index (χ4n) is 2.09. The summed E-state index contributed by atoms with van der Waals surface area (Å²) in [4.78, 5) is 23.4. The number of aromatic nitrogens is 3. The zero-order chi connectivity index (χ0) is 14.0. The minimum atomic E-state index is -0.210. The number of pyridine rings is 1. The minimum absolute atomic E-state index is 0.0627. The van der Waals surface area contributed by atoms with E-state index < -0.39 is 0 Å². The molecule has 19 heavy (non-hydrogen) atoms. The van der Waals surface area contributed by atoms with Crippen molar-refractivity contribution < 1.29 is 5.11 Å². The van der Waals surface area contributed by atoms with Crippen molar-refractivity contribution in [1.82, 2.24) is 15.0 Å². The molecule has 0 aromatic carbocycles. The Labute approximate surface area is 111 Å². The van der Waals surface area contributed by atoms with E-state index in [0.29, 0.717) is 29.2 Å². The van der Waals surface area contributed by atoms with Crippen LogP contribution in [-0.4, -0.2) is 26.7 Å². The molecule has 0 saturated carbocycles. The zero-order valence-electron chi connectivity index (χ0n) is 11.3. The smallest absolute Gasteiger partial charge is 0.254 e. The van der Waals surface area contributed by atoms with E-state index in [9.17, 15) is 4.79 Å². The van der Waals surface area contributed by atoms with E-state index in [1.54, 1.807) is 13.1 Å². The highest BCUT2D eigenvalue weighted by atomic mass is 16.3. The van der Waals surface area contributed by atoms with Crippen LogP contribution in [0.5, 0.6) is 0 Å². The largest absolute Gasteiger partial charge is 0.396 e. The molecule has 5 nitrogen and oxygen atoms in total. The van der Waals surface area contributed by atoms with Gasteiger partial charge in [0.1, 0.15) is 5.69 Å². The van der Waals surface area contributed by atoms with Gasteiger partial charge in [0.15, 0.2) is 5.82 Å². The summed E-state index contributed by atoms with van der Waals surface area (Å²) < 4.78 is 0. The molecule has 0 spiro atoms. The van der Waals surface area contributed by atoms with E-state index in [4.69, 9.17) is 5.11 Å². The SMILES string of the molecule is Cc1cnc(-c2nc(C)c(CCO)c(=O)[nH]2)c(C)c1. The molecule has 0 aliphatic rings. The number of rotatable bonds is 3. The Hall–Kier alpha value is -2.01. The number of nitrogens with one attached hydrogen (secondary N) is 1. The van der Waals surface area contributed by atoms with E-state index >= 15 is 0 Å². The number of hydrogen-bond acceptors (Lipinski definition) is 4. The Morgan fingerprint density at radius 2 is 2.05 bits per heavy atom. The van der Waals surface area contributed by atoms with Gasteiger partial charge in [-0.05, 0) is 31.9 Å². The fourth-order valence-corrected chi connectivity index (χ4v) is 2.09. The van der Waals surface area contributed by atoms with Gasteiger partial charge in [-0.3, -0.25) is 9.78 Å². The Balaban J connectivity index is 2.55. The maximum Gasteiger partial charge on any atom is 0.254 e. The van der Waals surface area contributed by atoms with Gasteiger partial charge >= 0.3 is 0 Å². The lowest BCUT2D eigenvalue weighted by Crippen LogP contribution is -2.19. The van der Waals surface area contributed by atoms with Crippen molar-refractivity contribution >= 4 is 0 Å². The molecule has 0 unspecified atom stereocenters. The first-order valence-electron chi connectivity index (χ1n) is 6.17. The van der Waals surface area contributed by atoms with E-state index in [0.717, 1.165) is 11.1 Å². The van der Waals surface area contributed by atoms with Gasteiger partial charge in [0.05, 0.1) is 0 Å². The predicted octanol–water partition coefficient (Wildman–Crippen LogP) is 1.29. The summed E-state index contributed by atoms with van der Waals surface area (Å²) in [5.74, 6) is 0.474. The van der Waals surface area contributed by atoms with Gasteiger partial charge in [-0.25, -0.2) is 4.98 Å². The number of hydrogen-bond donors (Lipinski definition) is 2. The van der Waals surface area contributed by atoms with Gasteiger partial charge in [0, 0.05) is 30.5 Å². The first-order chi connectivity index (χ1) is 9.02. The second-order valence-electron chi connectivity index (χ2n) is 4.63. The second kappa shape index (κ2) is 5.32. The lowest BCUT2D eigenvalue weighted by molar-refractivity contribution is 0.298. The summed E-state index contributed by atoms with van der Waals surface area (Å²) in [6, 6.07) is 2.00. The third-order valence-corrected chi connectivity index (χ3v) is 3.02. The van der Waals surface area contributed by atoms with Crippen molar-refractivity contribution in [2.75, 3.05) is 6.61 Å². The van der Waals surface area contributed by atoms with Gasteiger partial charge in [-0.15, -0.1) is 0 Å². The number of H-pyrrole nitrogens is 1. The number of aliphatic hydroxyl groups excluding tert-OH is 1. The molecule has 0 saturated heterocycles. The lowest BCUT2D eigenvalue weighted by Gasteiger charge is -2.08. The zero-order valence-corrected chi connectivity index (χ0v) is 11.3. The van der Waals surface area contributed by atoms with Crippen molar-refractivity contribution in [3.63, 3.8) is 0 Å². The first kappa shape index (κ1) is 13.4. The van der Waals surface area contributed by atoms with Crippen LogP contribution < -0.4 is 5.56 Å². The topological polar surface area (TPSA) is 78.9 Å². The molecule has 2 heterocycles. The maximum atomic E-state index is 12.0. The van der Waals surface area contributed by atoms with Crippen molar-refractivity contribution in [3.8, 4) is 11.5 Å². The van der Waals surface area contributed by atoms with Crippen molar-refractivity contribution in [2.45, 2.75) is 27.2 Å². The Bertz CT molecular complexity index is 662. The molecule has 5 heteroatoms. The van der Waals surface area contributed by atoms with Gasteiger partial charge in [0.25, 0.3) is 5.56 Å². The van der Waals surface area contributed by atoms with Crippen LogP contribution in [-0.2, 0) is 6.42 Å². The molecule has 0 aliphatic heterocycles. The van der Waals surface area contributed by atoms with Gasteiger partial charge < -0.3 is 10.1 Å². The van der Waals surface area contributed by atoms with Gasteiger partial charge in [-0.1, -0.05) is 6.07 Å². The van der Waals surface area contributed by atoms with Crippen LogP contribution >= 0.6 is 0 Å². The van der Waals surface area contributed by atoms with E-state index in [1.165, 1.54) is 0 Å². The molecule has 100 valence electrons. The molecule has 0 aliphatic carbocycles. The average molecular weight is 259 g/mol. The number of aromatic amines is 1. The molecule has 0 atom stereocenters. The normalized spacial score (nSPS) is 10.7. The number of aliphatic hydroxyl groups is 1. The molecular formula is C14H17N3O2. The molecule has 0 fully saturated rings. The Morgan fingerprint density at radius 1 is 1.32 bits per heavy atom. The highest BCUT2D eigenvalue weighted by Gasteiger charge is 2.11. The Kier molecular flexibility index (Phi) is 3.76. The number of nitrogens with zero attached hydrogens (tertiary/aromatic N) is 2. The predicted molar refractivity (Wildman–Crippen MR) is 73.1 cm³/mol. The molecule has 0 amide bonds. The molecule has 2 aromatic heterocycles. The summed E-state index contributed by atoms with van der Waals surface area (Å²) in [5.41, 5.74) is 3.67. The average Bonchev–Trinajstić information content (AvgIpc) is 2.33. The van der Waals surface area contributed by atoms with Crippen LogP contribution in [0, 0.1) is 20.8 Å². The van der Waals surface area contributed by atoms with Crippen molar-refractivity contribution in [3.05, 3.63) is 45.0 Å². The van der Waals surface area contributed by atoms with Crippen LogP contribution in [0.25, 0.3) is 11.5 Å². The minimum Gasteiger partial charge on any atom is -0.396 e. The second-order valence-corrected chi connectivity index (χ2v) is 4.63. The fraction of sp³-hybridized carbons (Fsp3) is 0.357. The Morgan fingerprint density at radius 3 is 2.63 bits per heavy atom. The summed E-state index contributed by atoms with van der Waals surface area (Å²) in [5, 5.41) is 8.94. The van der Waals surface area contributed by atoms with Crippen molar-refractivity contribution in [2.24, 2.45) is 0 Å². The van der Waals surface area contributed by atoms with Gasteiger partial charge in [-0.2, -0.15) is 0 Å². The summed E-state index contributed by atoms with van der Waals surface area (Å²) in [6.45, 7) is 5.61. The molecule has 0 bridgehead atoms. The molecule has 2 N–H and O–H groups in total. The van der Waals surface area contributed by atoms with E-state index in [2.05, 4.69) is 15.0 Å². The van der Waals surface area contributed by atoms with Crippen LogP contribution in [0.4, 0.5) is 0 Å². The van der Waals surface area contributed by atoms with Crippen LogP contribution in [0.1, 0.15) is 22.4 Å². The highest BCUT2D eigenvalue weighted by molar-refractivity contribution is 5.55. The molecule has 0 radical (unpaired) electrons. The summed E-state index contributed by atoms with van der Waals surface area (Å²) >= 11 is 0. The molecule has 2 rings (SSSR count). The van der Waals surface area contributed by atoms with Gasteiger partial charge in [0.2, 0.25) is 0 Å². The third-order valence-electron chi connectivity index (χ3n) is 3.02. The lowest BCUT2D eigenvalue weighted by atomic mass is 10.1. The van der Waals surface area contributed by atoms with Crippen molar-refractivity contribution in [1.29, 1.82) is 0 Å². The molecule has 2 aromatic rings. The summed E-state index contributed by atoms with van der Waals surface area (Å²) in [6.07, 6.45) is 2.06. The monoisotopic (exact) mass is 259 g/mol. The van der Waals surface area contributed by atoms with E-state index in [1.807, 2.05) is 19.9 Å².